The zero-order valence-corrected chi connectivity index (χ0v) is 7.87. The Hall–Kier alpha value is -2.26. The van der Waals surface area contributed by atoms with Gasteiger partial charge in [0.2, 0.25) is 0 Å². The molecule has 0 bridgehead atoms. The van der Waals surface area contributed by atoms with Crippen molar-refractivity contribution in [1.82, 2.24) is 0 Å². The Balaban J connectivity index is 2.96. The van der Waals surface area contributed by atoms with Crippen LogP contribution in [0.25, 0.3) is 16.5 Å². The first-order chi connectivity index (χ1) is 7.29. The highest BCUT2D eigenvalue weighted by atomic mass is 16.3. The summed E-state index contributed by atoms with van der Waals surface area (Å²) in [5, 5.41) is 12.8. The van der Waals surface area contributed by atoms with Gasteiger partial charge in [-0.1, -0.05) is 29.4 Å². The van der Waals surface area contributed by atoms with Gasteiger partial charge in [-0.25, -0.2) is 0 Å². The molecule has 1 rings (SSSR count). The second-order valence-corrected chi connectivity index (χ2v) is 2.71. The molecule has 0 atom stereocenters. The van der Waals surface area contributed by atoms with Crippen molar-refractivity contribution < 1.29 is 9.90 Å². The van der Waals surface area contributed by atoms with Crippen LogP contribution < -0.4 is 0 Å². The first-order valence-electron chi connectivity index (χ1n) is 4.24. The lowest BCUT2D eigenvalue weighted by Crippen LogP contribution is -1.86. The zero-order valence-electron chi connectivity index (χ0n) is 7.87. The van der Waals surface area contributed by atoms with Crippen LogP contribution in [0, 0.1) is 0 Å². The van der Waals surface area contributed by atoms with Gasteiger partial charge in [0.25, 0.3) is 0 Å². The second kappa shape index (κ2) is 5.47. The van der Waals surface area contributed by atoms with Gasteiger partial charge in [0.15, 0.2) is 6.29 Å². The van der Waals surface area contributed by atoms with Crippen LogP contribution in [0.2, 0.25) is 0 Å². The molecule has 5 nitrogen and oxygen atoms in total. The molecular formula is C10H9N3O2. The van der Waals surface area contributed by atoms with Crippen molar-refractivity contribution in [1.29, 1.82) is 0 Å². The molecule has 1 aromatic carbocycles. The molecule has 0 aliphatic rings. The number of carbonyl (C=O) groups excluding carboxylic acids is 1. The molecule has 0 spiro atoms. The normalized spacial score (nSPS) is 9.87. The van der Waals surface area contributed by atoms with Crippen molar-refractivity contribution in [2.45, 2.75) is 0 Å². The highest BCUT2D eigenvalue weighted by Gasteiger charge is 2.02. The molecule has 1 aromatic rings. The van der Waals surface area contributed by atoms with Crippen molar-refractivity contribution >= 4 is 12.4 Å². The molecular weight excluding hydrogens is 194 g/mol. The van der Waals surface area contributed by atoms with Crippen LogP contribution in [-0.4, -0.2) is 17.9 Å². The average molecular weight is 203 g/mol. The van der Waals surface area contributed by atoms with E-state index in [1.807, 2.05) is 0 Å². The number of hydrogen-bond acceptors (Lipinski definition) is 3. The standard InChI is InChI=1S/C10H9N3O2/c11-13-12-6-2-4-9-8(7-14)3-1-5-10(9)15/h1-5,7,15H,6H2. The van der Waals surface area contributed by atoms with Crippen molar-refractivity contribution in [3.05, 3.63) is 45.8 Å². The highest BCUT2D eigenvalue weighted by Crippen LogP contribution is 2.21. The average Bonchev–Trinajstić information content (AvgIpc) is 2.26. The molecule has 0 aliphatic carbocycles. The summed E-state index contributed by atoms with van der Waals surface area (Å²) >= 11 is 0. The van der Waals surface area contributed by atoms with E-state index in [1.165, 1.54) is 6.07 Å². The van der Waals surface area contributed by atoms with Gasteiger partial charge in [-0.2, -0.15) is 0 Å². The van der Waals surface area contributed by atoms with Gasteiger partial charge in [-0.3, -0.25) is 4.79 Å². The minimum atomic E-state index is 0.0248. The lowest BCUT2D eigenvalue weighted by molar-refractivity contribution is 0.112. The van der Waals surface area contributed by atoms with Gasteiger partial charge in [0, 0.05) is 22.6 Å². The Labute approximate surface area is 86.3 Å². The van der Waals surface area contributed by atoms with E-state index >= 15 is 0 Å². The SMILES string of the molecule is [N-]=[N+]=NCC=Cc1c(O)cccc1C=O. The van der Waals surface area contributed by atoms with Crippen molar-refractivity contribution in [2.24, 2.45) is 5.11 Å². The molecule has 76 valence electrons. The molecule has 15 heavy (non-hydrogen) atoms. The number of benzene rings is 1. The quantitative estimate of drug-likeness (QED) is 0.353. The zero-order chi connectivity index (χ0) is 11.1. The largest absolute Gasteiger partial charge is 0.507 e. The Bertz CT molecular complexity index is 434. The van der Waals surface area contributed by atoms with Gasteiger partial charge >= 0.3 is 0 Å². The molecule has 0 heterocycles. The number of hydrogen-bond donors (Lipinski definition) is 1. The maximum atomic E-state index is 10.6. The first-order valence-corrected chi connectivity index (χ1v) is 4.24. The van der Waals surface area contributed by atoms with Crippen LogP contribution in [0.3, 0.4) is 0 Å². The molecule has 5 heteroatoms. The molecule has 0 aliphatic heterocycles. The van der Waals surface area contributed by atoms with E-state index in [-0.39, 0.29) is 12.3 Å². The van der Waals surface area contributed by atoms with Crippen LogP contribution >= 0.6 is 0 Å². The third-order valence-corrected chi connectivity index (χ3v) is 1.78. The van der Waals surface area contributed by atoms with E-state index < -0.39 is 0 Å². The van der Waals surface area contributed by atoms with Crippen LogP contribution in [0.15, 0.2) is 29.4 Å². The number of aromatic hydroxyl groups is 1. The number of carbonyl (C=O) groups is 1. The Morgan fingerprint density at radius 2 is 2.33 bits per heavy atom. The van der Waals surface area contributed by atoms with Gasteiger partial charge in [-0.05, 0) is 11.6 Å². The van der Waals surface area contributed by atoms with Gasteiger partial charge in [-0.15, -0.1) is 0 Å². The fraction of sp³-hybridized carbons (Fsp3) is 0.100. The van der Waals surface area contributed by atoms with Crippen LogP contribution in [0.5, 0.6) is 5.75 Å². The van der Waals surface area contributed by atoms with Crippen molar-refractivity contribution in [3.63, 3.8) is 0 Å². The van der Waals surface area contributed by atoms with Crippen molar-refractivity contribution in [2.75, 3.05) is 6.54 Å². The number of rotatable bonds is 4. The van der Waals surface area contributed by atoms with E-state index in [0.717, 1.165) is 0 Å². The molecule has 0 aromatic heterocycles. The summed E-state index contributed by atoms with van der Waals surface area (Å²) in [4.78, 5) is 13.2. The summed E-state index contributed by atoms with van der Waals surface area (Å²) in [5.74, 6) is 0.0248. The topological polar surface area (TPSA) is 86.1 Å². The van der Waals surface area contributed by atoms with Crippen molar-refractivity contribution in [3.8, 4) is 5.75 Å². The minimum absolute atomic E-state index is 0.0248. The predicted molar refractivity (Wildman–Crippen MR) is 56.5 cm³/mol. The van der Waals surface area contributed by atoms with E-state index in [0.29, 0.717) is 17.4 Å². The smallest absolute Gasteiger partial charge is 0.150 e. The third-order valence-electron chi connectivity index (χ3n) is 1.78. The van der Waals surface area contributed by atoms with Crippen LogP contribution in [-0.2, 0) is 0 Å². The Kier molecular flexibility index (Phi) is 3.94. The molecule has 0 radical (unpaired) electrons. The lowest BCUT2D eigenvalue weighted by atomic mass is 10.1. The van der Waals surface area contributed by atoms with Gasteiger partial charge in [0.05, 0.1) is 0 Å². The predicted octanol–water partition coefficient (Wildman–Crippen LogP) is 2.53. The van der Waals surface area contributed by atoms with E-state index in [9.17, 15) is 9.90 Å². The number of phenolic OH excluding ortho intramolecular Hbond substituents is 1. The Morgan fingerprint density at radius 1 is 1.53 bits per heavy atom. The summed E-state index contributed by atoms with van der Waals surface area (Å²) in [6.07, 6.45) is 3.78. The summed E-state index contributed by atoms with van der Waals surface area (Å²) < 4.78 is 0. The fourth-order valence-corrected chi connectivity index (χ4v) is 1.11. The number of aldehydes is 1. The summed E-state index contributed by atoms with van der Waals surface area (Å²) in [5.41, 5.74) is 8.86. The van der Waals surface area contributed by atoms with Gasteiger partial charge in [0.1, 0.15) is 5.75 Å². The molecule has 0 fully saturated rings. The van der Waals surface area contributed by atoms with E-state index in [2.05, 4.69) is 10.0 Å². The molecule has 0 saturated heterocycles. The number of nitrogens with zero attached hydrogens (tertiary/aromatic N) is 3. The third kappa shape index (κ3) is 2.86. The fourth-order valence-electron chi connectivity index (χ4n) is 1.11. The lowest BCUT2D eigenvalue weighted by Gasteiger charge is -2.01. The van der Waals surface area contributed by atoms with E-state index in [4.69, 9.17) is 5.53 Å². The molecule has 0 saturated carbocycles. The van der Waals surface area contributed by atoms with Crippen LogP contribution in [0.4, 0.5) is 0 Å². The van der Waals surface area contributed by atoms with Gasteiger partial charge < -0.3 is 5.11 Å². The van der Waals surface area contributed by atoms with Crippen LogP contribution in [0.1, 0.15) is 15.9 Å². The van der Waals surface area contributed by atoms with E-state index in [1.54, 1.807) is 24.3 Å². The molecule has 0 unspecified atom stereocenters. The Morgan fingerprint density at radius 3 is 3.00 bits per heavy atom. The number of phenols is 1. The molecule has 0 amide bonds. The minimum Gasteiger partial charge on any atom is -0.507 e. The maximum absolute atomic E-state index is 10.6. The maximum Gasteiger partial charge on any atom is 0.150 e. The summed E-state index contributed by atoms with van der Waals surface area (Å²) in [6.45, 7) is 0.184. The first kappa shape index (κ1) is 10.8. The summed E-state index contributed by atoms with van der Waals surface area (Å²) in [6, 6.07) is 4.67. The number of azide groups is 1. The summed E-state index contributed by atoms with van der Waals surface area (Å²) in [7, 11) is 0. The second-order valence-electron chi connectivity index (χ2n) is 2.71. The monoisotopic (exact) mass is 203 g/mol. The molecule has 1 N–H and O–H groups in total. The highest BCUT2D eigenvalue weighted by molar-refractivity contribution is 5.83.